The van der Waals surface area contributed by atoms with Crippen LogP contribution in [0.15, 0.2) is 60.0 Å². The van der Waals surface area contributed by atoms with Crippen LogP contribution in [0.4, 0.5) is 11.4 Å². The zero-order valence-electron chi connectivity index (χ0n) is 17.7. The van der Waals surface area contributed by atoms with Crippen molar-refractivity contribution in [3.63, 3.8) is 0 Å². The van der Waals surface area contributed by atoms with Gasteiger partial charge in [-0.1, -0.05) is 6.07 Å². The van der Waals surface area contributed by atoms with E-state index in [4.69, 9.17) is 14.2 Å². The number of nitrogens with one attached hydrogen (secondary N) is 2. The van der Waals surface area contributed by atoms with Crippen LogP contribution in [0.2, 0.25) is 0 Å². The lowest BCUT2D eigenvalue weighted by Crippen LogP contribution is -2.30. The van der Waals surface area contributed by atoms with Crippen molar-refractivity contribution in [2.24, 2.45) is 0 Å². The second kappa shape index (κ2) is 10.5. The van der Waals surface area contributed by atoms with Crippen LogP contribution in [0.5, 0.6) is 11.5 Å². The number of carbonyl (C=O) groups is 3. The maximum absolute atomic E-state index is 12.5. The number of amides is 2. The fraction of sp³-hybridized carbons (Fsp3) is 0.174. The second-order valence-corrected chi connectivity index (χ2v) is 7.56. The van der Waals surface area contributed by atoms with Gasteiger partial charge in [0.1, 0.15) is 11.5 Å². The van der Waals surface area contributed by atoms with Gasteiger partial charge in [-0.25, -0.2) is 4.79 Å². The van der Waals surface area contributed by atoms with Crippen molar-refractivity contribution >= 4 is 40.5 Å². The van der Waals surface area contributed by atoms with Crippen molar-refractivity contribution in [3.05, 3.63) is 70.4 Å². The van der Waals surface area contributed by atoms with Gasteiger partial charge in [-0.3, -0.25) is 9.59 Å². The Hall–Kier alpha value is -3.85. The summed E-state index contributed by atoms with van der Waals surface area (Å²) in [4.78, 5) is 37.6. The molecule has 0 aliphatic rings. The van der Waals surface area contributed by atoms with E-state index in [1.165, 1.54) is 44.6 Å². The summed E-state index contributed by atoms with van der Waals surface area (Å²) in [6.45, 7) is 1.47. The molecule has 0 saturated heterocycles. The molecule has 2 amide bonds. The van der Waals surface area contributed by atoms with E-state index < -0.39 is 18.0 Å². The Kier molecular flexibility index (Phi) is 7.45. The first kappa shape index (κ1) is 22.8. The monoisotopic (exact) mass is 454 g/mol. The maximum atomic E-state index is 12.5. The topological polar surface area (TPSA) is 103 Å². The summed E-state index contributed by atoms with van der Waals surface area (Å²) < 4.78 is 15.7. The Morgan fingerprint density at radius 3 is 2.31 bits per heavy atom. The lowest BCUT2D eigenvalue weighted by molar-refractivity contribution is -0.123. The van der Waals surface area contributed by atoms with Gasteiger partial charge in [0.2, 0.25) is 0 Å². The molecule has 0 aliphatic heterocycles. The zero-order chi connectivity index (χ0) is 23.1. The van der Waals surface area contributed by atoms with E-state index in [1.54, 1.807) is 42.5 Å². The van der Waals surface area contributed by atoms with E-state index in [0.29, 0.717) is 27.8 Å². The molecule has 0 bridgehead atoms. The molecule has 0 saturated carbocycles. The fourth-order valence-corrected chi connectivity index (χ4v) is 3.34. The fourth-order valence-electron chi connectivity index (χ4n) is 2.72. The molecule has 32 heavy (non-hydrogen) atoms. The lowest BCUT2D eigenvalue weighted by atomic mass is 10.2. The highest BCUT2D eigenvalue weighted by Gasteiger charge is 2.20. The van der Waals surface area contributed by atoms with Crippen LogP contribution in [-0.2, 0) is 9.53 Å². The quantitative estimate of drug-likeness (QED) is 0.495. The molecule has 9 heteroatoms. The Labute approximate surface area is 189 Å². The number of ether oxygens (including phenoxy) is 3. The van der Waals surface area contributed by atoms with Gasteiger partial charge in [-0.15, -0.1) is 11.3 Å². The Morgan fingerprint density at radius 1 is 0.938 bits per heavy atom. The van der Waals surface area contributed by atoms with E-state index >= 15 is 0 Å². The van der Waals surface area contributed by atoms with Gasteiger partial charge in [-0.05, 0) is 54.8 Å². The zero-order valence-corrected chi connectivity index (χ0v) is 18.5. The van der Waals surface area contributed by atoms with Gasteiger partial charge in [0.05, 0.1) is 30.3 Å². The summed E-state index contributed by atoms with van der Waals surface area (Å²) in [6, 6.07) is 14.7. The maximum Gasteiger partial charge on any atom is 0.338 e. The molecule has 3 rings (SSSR count). The summed E-state index contributed by atoms with van der Waals surface area (Å²) in [5.74, 6) is -0.436. The summed E-state index contributed by atoms with van der Waals surface area (Å²) in [6.07, 6.45) is -1.06. The van der Waals surface area contributed by atoms with Crippen LogP contribution < -0.4 is 20.1 Å². The molecule has 166 valence electrons. The average molecular weight is 455 g/mol. The van der Waals surface area contributed by atoms with Gasteiger partial charge in [0, 0.05) is 11.8 Å². The third kappa shape index (κ3) is 5.64. The number of thiophene rings is 1. The molecule has 0 fully saturated rings. The van der Waals surface area contributed by atoms with Crippen LogP contribution in [0.1, 0.15) is 27.0 Å². The Bertz CT molecular complexity index is 1100. The predicted octanol–water partition coefficient (Wildman–Crippen LogP) is 4.20. The van der Waals surface area contributed by atoms with Crippen molar-refractivity contribution in [2.45, 2.75) is 13.0 Å². The molecule has 3 aromatic rings. The van der Waals surface area contributed by atoms with E-state index in [2.05, 4.69) is 10.6 Å². The molecule has 0 spiro atoms. The van der Waals surface area contributed by atoms with Crippen molar-refractivity contribution in [2.75, 3.05) is 24.9 Å². The highest BCUT2D eigenvalue weighted by molar-refractivity contribution is 7.12. The van der Waals surface area contributed by atoms with Crippen molar-refractivity contribution in [3.8, 4) is 11.5 Å². The highest BCUT2D eigenvalue weighted by atomic mass is 32.1. The van der Waals surface area contributed by atoms with Crippen LogP contribution in [0, 0.1) is 0 Å². The van der Waals surface area contributed by atoms with Crippen molar-refractivity contribution in [1.29, 1.82) is 0 Å². The highest BCUT2D eigenvalue weighted by Crippen LogP contribution is 2.29. The molecular weight excluding hydrogens is 432 g/mol. The second-order valence-electron chi connectivity index (χ2n) is 6.61. The molecular formula is C23H22N2O6S. The third-order valence-corrected chi connectivity index (χ3v) is 5.31. The number of benzene rings is 2. The molecule has 1 atom stereocenters. The van der Waals surface area contributed by atoms with Gasteiger partial charge in [-0.2, -0.15) is 0 Å². The minimum absolute atomic E-state index is 0.228. The van der Waals surface area contributed by atoms with Crippen molar-refractivity contribution < 1.29 is 28.6 Å². The third-order valence-electron chi connectivity index (χ3n) is 4.44. The van der Waals surface area contributed by atoms with Gasteiger partial charge < -0.3 is 24.8 Å². The van der Waals surface area contributed by atoms with E-state index in [1.807, 2.05) is 5.38 Å². The van der Waals surface area contributed by atoms with E-state index in [0.717, 1.165) is 0 Å². The number of hydrogen-bond donors (Lipinski definition) is 2. The summed E-state index contributed by atoms with van der Waals surface area (Å²) >= 11 is 1.33. The number of carbonyl (C=O) groups excluding carboxylic acids is 3. The van der Waals surface area contributed by atoms with Gasteiger partial charge in [0.25, 0.3) is 11.8 Å². The first-order valence-electron chi connectivity index (χ1n) is 9.60. The van der Waals surface area contributed by atoms with Crippen LogP contribution in [0.3, 0.4) is 0 Å². The first-order valence-corrected chi connectivity index (χ1v) is 10.5. The van der Waals surface area contributed by atoms with Gasteiger partial charge >= 0.3 is 5.97 Å². The van der Waals surface area contributed by atoms with Crippen LogP contribution in [-0.4, -0.2) is 38.1 Å². The van der Waals surface area contributed by atoms with Crippen molar-refractivity contribution in [1.82, 2.24) is 0 Å². The molecule has 1 heterocycles. The smallest absolute Gasteiger partial charge is 0.338 e. The van der Waals surface area contributed by atoms with Gasteiger partial charge in [0.15, 0.2) is 6.10 Å². The Morgan fingerprint density at radius 2 is 1.69 bits per heavy atom. The number of anilines is 2. The molecule has 8 nitrogen and oxygen atoms in total. The molecule has 1 aromatic heterocycles. The molecule has 2 aromatic carbocycles. The first-order chi connectivity index (χ1) is 15.4. The molecule has 2 N–H and O–H groups in total. The summed E-state index contributed by atoms with van der Waals surface area (Å²) in [5, 5.41) is 7.23. The number of methoxy groups -OCH3 is 2. The summed E-state index contributed by atoms with van der Waals surface area (Å²) in [7, 11) is 2.99. The van der Waals surface area contributed by atoms with Crippen LogP contribution >= 0.6 is 11.3 Å². The average Bonchev–Trinajstić information content (AvgIpc) is 3.34. The van der Waals surface area contributed by atoms with Crippen LogP contribution in [0.25, 0.3) is 0 Å². The number of hydrogen-bond acceptors (Lipinski definition) is 7. The molecule has 0 radical (unpaired) electrons. The molecule has 0 aliphatic carbocycles. The SMILES string of the molecule is COc1ccc(OC)c(NC(=O)C(C)OC(=O)c2ccc(NC(=O)c3cccs3)cc2)c1. The lowest BCUT2D eigenvalue weighted by Gasteiger charge is -2.16. The minimum atomic E-state index is -1.06. The predicted molar refractivity (Wildman–Crippen MR) is 122 cm³/mol. The molecule has 1 unspecified atom stereocenters. The van der Waals surface area contributed by atoms with E-state index in [-0.39, 0.29) is 11.5 Å². The Balaban J connectivity index is 1.59. The summed E-state index contributed by atoms with van der Waals surface area (Å²) in [5.41, 5.74) is 1.18. The number of rotatable bonds is 8. The largest absolute Gasteiger partial charge is 0.497 e. The standard InChI is InChI=1S/C23H22N2O6S/c1-14(21(26)25-18-13-17(29-2)10-11-19(18)30-3)31-23(28)15-6-8-16(9-7-15)24-22(27)20-5-4-12-32-20/h4-14H,1-3H3,(H,24,27)(H,25,26). The minimum Gasteiger partial charge on any atom is -0.497 e. The van der Waals surface area contributed by atoms with E-state index in [9.17, 15) is 14.4 Å². The normalized spacial score (nSPS) is 11.2. The number of esters is 1.